The summed E-state index contributed by atoms with van der Waals surface area (Å²) in [4.78, 5) is 23.1. The highest BCUT2D eigenvalue weighted by atomic mass is 16.6. The molecular formula is C13H16O4. The number of esters is 2. The summed E-state index contributed by atoms with van der Waals surface area (Å²) in [5, 5.41) is 0. The molecule has 4 heteroatoms. The van der Waals surface area contributed by atoms with E-state index in [-0.39, 0.29) is 6.61 Å². The fraction of sp³-hybridized carbons (Fsp3) is 0.385. The van der Waals surface area contributed by atoms with Crippen LogP contribution < -0.4 is 0 Å². The lowest BCUT2D eigenvalue weighted by Gasteiger charge is -2.14. The summed E-state index contributed by atoms with van der Waals surface area (Å²) in [7, 11) is 0. The minimum Gasteiger partial charge on any atom is -0.463 e. The predicted octanol–water partition coefficient (Wildman–Crippen LogP) is 2.19. The van der Waals surface area contributed by atoms with Crippen LogP contribution in [0.1, 0.15) is 30.6 Å². The van der Waals surface area contributed by atoms with Crippen LogP contribution in [0.2, 0.25) is 0 Å². The Labute approximate surface area is 101 Å². The quantitative estimate of drug-likeness (QED) is 0.735. The van der Waals surface area contributed by atoms with Crippen molar-refractivity contribution in [3.8, 4) is 0 Å². The van der Waals surface area contributed by atoms with Gasteiger partial charge in [-0.15, -0.1) is 0 Å². The maximum absolute atomic E-state index is 11.7. The molecule has 0 aliphatic rings. The average Bonchev–Trinajstić information content (AvgIpc) is 2.37. The van der Waals surface area contributed by atoms with Crippen molar-refractivity contribution in [2.24, 2.45) is 0 Å². The van der Waals surface area contributed by atoms with E-state index < -0.39 is 18.0 Å². The molecular weight excluding hydrogens is 220 g/mol. The molecule has 92 valence electrons. The van der Waals surface area contributed by atoms with E-state index in [0.717, 1.165) is 0 Å². The molecule has 0 spiro atoms. The Morgan fingerprint density at radius 1 is 1.18 bits per heavy atom. The van der Waals surface area contributed by atoms with Gasteiger partial charge in [-0.25, -0.2) is 9.59 Å². The summed E-state index contributed by atoms with van der Waals surface area (Å²) >= 11 is 0. The molecule has 0 heterocycles. The summed E-state index contributed by atoms with van der Waals surface area (Å²) in [6.07, 6.45) is -0.431. The largest absolute Gasteiger partial charge is 0.463 e. The van der Waals surface area contributed by atoms with Gasteiger partial charge in [0, 0.05) is 0 Å². The maximum Gasteiger partial charge on any atom is 0.347 e. The van der Waals surface area contributed by atoms with Crippen LogP contribution in [0.4, 0.5) is 0 Å². The average molecular weight is 236 g/mol. The van der Waals surface area contributed by atoms with E-state index in [1.807, 2.05) is 0 Å². The van der Waals surface area contributed by atoms with Crippen molar-refractivity contribution in [3.05, 3.63) is 35.9 Å². The normalized spacial score (nSPS) is 11.6. The van der Waals surface area contributed by atoms with E-state index in [1.54, 1.807) is 44.2 Å². The van der Waals surface area contributed by atoms with Crippen molar-refractivity contribution in [1.29, 1.82) is 0 Å². The van der Waals surface area contributed by atoms with Crippen LogP contribution in [-0.2, 0) is 14.3 Å². The van der Waals surface area contributed by atoms with Crippen LogP contribution in [0.25, 0.3) is 0 Å². The van der Waals surface area contributed by atoms with Crippen molar-refractivity contribution < 1.29 is 19.1 Å². The second-order valence-corrected chi connectivity index (χ2v) is 3.42. The van der Waals surface area contributed by atoms with Gasteiger partial charge in [0.1, 0.15) is 0 Å². The van der Waals surface area contributed by atoms with Gasteiger partial charge in [0.2, 0.25) is 0 Å². The van der Waals surface area contributed by atoms with Gasteiger partial charge in [0.15, 0.2) is 6.10 Å². The molecule has 0 aromatic heterocycles. The van der Waals surface area contributed by atoms with E-state index >= 15 is 0 Å². The van der Waals surface area contributed by atoms with E-state index in [0.29, 0.717) is 12.0 Å². The molecule has 17 heavy (non-hydrogen) atoms. The van der Waals surface area contributed by atoms with E-state index in [2.05, 4.69) is 0 Å². The first-order chi connectivity index (χ1) is 8.19. The molecule has 0 fully saturated rings. The third-order valence-electron chi connectivity index (χ3n) is 2.18. The van der Waals surface area contributed by atoms with Gasteiger partial charge in [-0.3, -0.25) is 0 Å². The highest BCUT2D eigenvalue weighted by molar-refractivity contribution is 5.91. The minimum atomic E-state index is -0.831. The molecule has 0 radical (unpaired) electrons. The first-order valence-corrected chi connectivity index (χ1v) is 5.61. The predicted molar refractivity (Wildman–Crippen MR) is 62.6 cm³/mol. The molecule has 0 bridgehead atoms. The smallest absolute Gasteiger partial charge is 0.347 e. The highest BCUT2D eigenvalue weighted by Crippen LogP contribution is 2.07. The molecule has 1 rings (SSSR count). The molecule has 1 atom stereocenters. The van der Waals surface area contributed by atoms with Gasteiger partial charge in [0.25, 0.3) is 0 Å². The molecule has 0 unspecified atom stereocenters. The fourth-order valence-corrected chi connectivity index (χ4v) is 1.30. The highest BCUT2D eigenvalue weighted by Gasteiger charge is 2.22. The summed E-state index contributed by atoms with van der Waals surface area (Å²) in [5.41, 5.74) is 0.426. The van der Waals surface area contributed by atoms with Crippen LogP contribution in [0, 0.1) is 0 Å². The molecule has 1 aromatic rings. The topological polar surface area (TPSA) is 52.6 Å². The minimum absolute atomic E-state index is 0.276. The molecule has 0 saturated carbocycles. The number of rotatable bonds is 5. The Balaban J connectivity index is 2.63. The van der Waals surface area contributed by atoms with Gasteiger partial charge in [0.05, 0.1) is 12.2 Å². The zero-order valence-electron chi connectivity index (χ0n) is 10.0. The van der Waals surface area contributed by atoms with E-state index in [9.17, 15) is 9.59 Å². The zero-order chi connectivity index (χ0) is 12.7. The van der Waals surface area contributed by atoms with Crippen LogP contribution in [0.15, 0.2) is 30.3 Å². The summed E-state index contributed by atoms with van der Waals surface area (Å²) in [6, 6.07) is 8.56. The molecule has 4 nitrogen and oxygen atoms in total. The van der Waals surface area contributed by atoms with Gasteiger partial charge in [-0.1, -0.05) is 25.1 Å². The molecule has 1 aromatic carbocycles. The second kappa shape index (κ2) is 6.68. The molecule has 0 aliphatic heterocycles. The first kappa shape index (κ1) is 13.2. The third kappa shape index (κ3) is 3.90. The lowest BCUT2D eigenvalue weighted by atomic mass is 10.2. The van der Waals surface area contributed by atoms with E-state index in [4.69, 9.17) is 9.47 Å². The summed E-state index contributed by atoms with van der Waals surface area (Å²) in [5.74, 6) is -1.01. The Hall–Kier alpha value is -1.84. The van der Waals surface area contributed by atoms with E-state index in [1.165, 1.54) is 0 Å². The van der Waals surface area contributed by atoms with Crippen LogP contribution in [0.5, 0.6) is 0 Å². The van der Waals surface area contributed by atoms with Gasteiger partial charge < -0.3 is 9.47 Å². The number of carbonyl (C=O) groups is 2. The Kier molecular flexibility index (Phi) is 5.20. The number of hydrogen-bond donors (Lipinski definition) is 0. The van der Waals surface area contributed by atoms with Crippen molar-refractivity contribution >= 4 is 11.9 Å². The van der Waals surface area contributed by atoms with Gasteiger partial charge >= 0.3 is 11.9 Å². The summed E-state index contributed by atoms with van der Waals surface area (Å²) < 4.78 is 9.90. The van der Waals surface area contributed by atoms with Crippen molar-refractivity contribution in [2.75, 3.05) is 6.61 Å². The number of hydrogen-bond acceptors (Lipinski definition) is 4. The van der Waals surface area contributed by atoms with Crippen molar-refractivity contribution in [1.82, 2.24) is 0 Å². The fourth-order valence-electron chi connectivity index (χ4n) is 1.30. The number of benzene rings is 1. The lowest BCUT2D eigenvalue weighted by molar-refractivity contribution is -0.153. The second-order valence-electron chi connectivity index (χ2n) is 3.42. The molecule has 0 amide bonds. The van der Waals surface area contributed by atoms with Crippen LogP contribution >= 0.6 is 0 Å². The summed E-state index contributed by atoms with van der Waals surface area (Å²) in [6.45, 7) is 3.75. The Bertz CT molecular complexity index is 372. The standard InChI is InChI=1S/C13H16O4/c1-3-11(13(15)16-4-2)17-12(14)10-8-6-5-7-9-10/h5-9,11H,3-4H2,1-2H3/t11-/m0/s1. The van der Waals surface area contributed by atoms with Crippen molar-refractivity contribution in [2.45, 2.75) is 26.4 Å². The Morgan fingerprint density at radius 2 is 1.82 bits per heavy atom. The maximum atomic E-state index is 11.7. The molecule has 0 aliphatic carbocycles. The third-order valence-corrected chi connectivity index (χ3v) is 2.18. The SMILES string of the molecule is CCOC(=O)[C@H](CC)OC(=O)c1ccccc1. The zero-order valence-corrected chi connectivity index (χ0v) is 10.0. The number of ether oxygens (including phenoxy) is 2. The molecule has 0 saturated heterocycles. The van der Waals surface area contributed by atoms with Gasteiger partial charge in [-0.05, 0) is 25.5 Å². The lowest BCUT2D eigenvalue weighted by Crippen LogP contribution is -2.28. The first-order valence-electron chi connectivity index (χ1n) is 5.61. The monoisotopic (exact) mass is 236 g/mol. The van der Waals surface area contributed by atoms with Crippen LogP contribution in [-0.4, -0.2) is 24.6 Å². The van der Waals surface area contributed by atoms with Crippen molar-refractivity contribution in [3.63, 3.8) is 0 Å². The molecule has 0 N–H and O–H groups in total. The van der Waals surface area contributed by atoms with Gasteiger partial charge in [-0.2, -0.15) is 0 Å². The number of carbonyl (C=O) groups excluding carboxylic acids is 2. The van der Waals surface area contributed by atoms with Crippen LogP contribution in [0.3, 0.4) is 0 Å². The Morgan fingerprint density at radius 3 is 2.35 bits per heavy atom.